The summed E-state index contributed by atoms with van der Waals surface area (Å²) in [5.41, 5.74) is 1.83. The van der Waals surface area contributed by atoms with E-state index in [2.05, 4.69) is 4.98 Å². The summed E-state index contributed by atoms with van der Waals surface area (Å²) in [5.74, 6) is 0.0988. The fraction of sp³-hybridized carbons (Fsp3) is 0.579. The van der Waals surface area contributed by atoms with Crippen molar-refractivity contribution in [2.45, 2.75) is 45.7 Å². The fourth-order valence-electron chi connectivity index (χ4n) is 3.60. The third kappa shape index (κ3) is 3.86. The number of carbonyl (C=O) groups excluding carboxylic acids is 3. The Balaban J connectivity index is 1.56. The molecule has 26 heavy (non-hydrogen) atoms. The minimum Gasteiger partial charge on any atom is -0.343 e. The van der Waals surface area contributed by atoms with Gasteiger partial charge in [0.25, 0.3) is 0 Å². The van der Waals surface area contributed by atoms with E-state index >= 15 is 0 Å². The molecule has 2 aliphatic heterocycles. The lowest BCUT2D eigenvalue weighted by Crippen LogP contribution is -2.58. The average molecular weight is 358 g/mol. The molecule has 2 aliphatic rings. The van der Waals surface area contributed by atoms with Crippen molar-refractivity contribution in [1.82, 2.24) is 19.7 Å². The predicted molar refractivity (Wildman–Crippen MR) is 96.0 cm³/mol. The number of aryl methyl sites for hydroxylation is 1. The number of nitrogens with zero attached hydrogens (tertiary/aromatic N) is 4. The molecule has 140 valence electrons. The van der Waals surface area contributed by atoms with Crippen LogP contribution in [0.2, 0.25) is 0 Å². The van der Waals surface area contributed by atoms with Crippen LogP contribution in [0.4, 0.5) is 0 Å². The van der Waals surface area contributed by atoms with E-state index in [0.29, 0.717) is 32.5 Å². The zero-order valence-corrected chi connectivity index (χ0v) is 15.5. The molecule has 1 aromatic rings. The van der Waals surface area contributed by atoms with Crippen LogP contribution in [0.15, 0.2) is 18.3 Å². The summed E-state index contributed by atoms with van der Waals surface area (Å²) < 4.78 is 0. The molecule has 7 heteroatoms. The maximum Gasteiger partial charge on any atom is 0.245 e. The third-order valence-electron chi connectivity index (χ3n) is 5.25. The van der Waals surface area contributed by atoms with Crippen molar-refractivity contribution < 1.29 is 14.4 Å². The number of aromatic nitrogens is 1. The normalized spacial score (nSPS) is 21.1. The molecule has 2 fully saturated rings. The van der Waals surface area contributed by atoms with E-state index < -0.39 is 6.04 Å². The highest BCUT2D eigenvalue weighted by Gasteiger charge is 2.36. The maximum atomic E-state index is 12.7. The van der Waals surface area contributed by atoms with Crippen molar-refractivity contribution in [2.75, 3.05) is 26.2 Å². The zero-order valence-electron chi connectivity index (χ0n) is 15.5. The van der Waals surface area contributed by atoms with Gasteiger partial charge in [0, 0.05) is 32.3 Å². The van der Waals surface area contributed by atoms with E-state index in [1.807, 2.05) is 24.0 Å². The van der Waals surface area contributed by atoms with Crippen LogP contribution in [0, 0.1) is 6.92 Å². The summed E-state index contributed by atoms with van der Waals surface area (Å²) in [4.78, 5) is 46.3. The molecule has 0 spiro atoms. The molecule has 3 rings (SSSR count). The van der Waals surface area contributed by atoms with Crippen LogP contribution in [-0.2, 0) is 20.9 Å². The number of rotatable bonds is 6. The first-order chi connectivity index (χ1) is 12.5. The van der Waals surface area contributed by atoms with Gasteiger partial charge >= 0.3 is 0 Å². The Morgan fingerprint density at radius 1 is 1.15 bits per heavy atom. The van der Waals surface area contributed by atoms with E-state index in [1.54, 1.807) is 22.9 Å². The Morgan fingerprint density at radius 3 is 2.62 bits per heavy atom. The SMILES string of the molecule is Cc1cccnc1CN1C(=O)CN(CCCN2CCCC2=O)C(=O)[C@@H]1C. The summed E-state index contributed by atoms with van der Waals surface area (Å²) in [7, 11) is 0. The minimum atomic E-state index is -0.494. The highest BCUT2D eigenvalue weighted by molar-refractivity contribution is 5.94. The number of hydrogen-bond donors (Lipinski definition) is 0. The summed E-state index contributed by atoms with van der Waals surface area (Å²) in [6, 6.07) is 3.32. The van der Waals surface area contributed by atoms with Crippen molar-refractivity contribution in [3.05, 3.63) is 29.6 Å². The van der Waals surface area contributed by atoms with E-state index in [-0.39, 0.29) is 24.3 Å². The molecule has 0 saturated carbocycles. The Hall–Kier alpha value is -2.44. The molecule has 3 amide bonds. The van der Waals surface area contributed by atoms with Crippen molar-refractivity contribution in [2.24, 2.45) is 0 Å². The van der Waals surface area contributed by atoms with Crippen molar-refractivity contribution in [3.8, 4) is 0 Å². The quantitative estimate of drug-likeness (QED) is 0.759. The summed E-state index contributed by atoms with van der Waals surface area (Å²) in [5, 5.41) is 0. The smallest absolute Gasteiger partial charge is 0.245 e. The molecule has 0 aliphatic carbocycles. The van der Waals surface area contributed by atoms with E-state index in [4.69, 9.17) is 0 Å². The van der Waals surface area contributed by atoms with Gasteiger partial charge in [0.1, 0.15) is 6.04 Å². The highest BCUT2D eigenvalue weighted by atomic mass is 16.2. The van der Waals surface area contributed by atoms with Gasteiger partial charge in [-0.3, -0.25) is 19.4 Å². The zero-order chi connectivity index (χ0) is 18.7. The van der Waals surface area contributed by atoms with Crippen LogP contribution in [0.1, 0.15) is 37.4 Å². The van der Waals surface area contributed by atoms with Gasteiger partial charge in [-0.1, -0.05) is 6.07 Å². The largest absolute Gasteiger partial charge is 0.343 e. The Labute approximate surface area is 154 Å². The number of amides is 3. The van der Waals surface area contributed by atoms with Gasteiger partial charge in [0.05, 0.1) is 18.8 Å². The first kappa shape index (κ1) is 18.4. The molecule has 1 aromatic heterocycles. The fourth-order valence-corrected chi connectivity index (χ4v) is 3.60. The van der Waals surface area contributed by atoms with Crippen molar-refractivity contribution >= 4 is 17.7 Å². The molecule has 0 bridgehead atoms. The second-order valence-corrected chi connectivity index (χ2v) is 7.06. The second kappa shape index (κ2) is 7.85. The standard InChI is InChI=1S/C19H26N4O3/c1-14-6-3-8-20-16(14)12-23-15(2)19(26)22(13-18(23)25)11-5-10-21-9-4-7-17(21)24/h3,6,8,15H,4-5,7,9-13H2,1-2H3/t15-/m0/s1. The Morgan fingerprint density at radius 2 is 1.92 bits per heavy atom. The Kier molecular flexibility index (Phi) is 5.54. The monoisotopic (exact) mass is 358 g/mol. The number of carbonyl (C=O) groups is 3. The Bertz CT molecular complexity index is 706. The lowest BCUT2D eigenvalue weighted by atomic mass is 10.1. The molecule has 3 heterocycles. The molecule has 0 unspecified atom stereocenters. The van der Waals surface area contributed by atoms with Gasteiger partial charge in [0.2, 0.25) is 17.7 Å². The van der Waals surface area contributed by atoms with E-state index in [9.17, 15) is 14.4 Å². The number of pyridine rings is 1. The van der Waals surface area contributed by atoms with Crippen molar-refractivity contribution in [1.29, 1.82) is 0 Å². The van der Waals surface area contributed by atoms with Crippen LogP contribution < -0.4 is 0 Å². The van der Waals surface area contributed by atoms with Gasteiger partial charge < -0.3 is 14.7 Å². The molecule has 0 aromatic carbocycles. The van der Waals surface area contributed by atoms with E-state index in [0.717, 1.165) is 24.2 Å². The van der Waals surface area contributed by atoms with Crippen molar-refractivity contribution in [3.63, 3.8) is 0 Å². The number of piperazine rings is 1. The van der Waals surface area contributed by atoms with Crippen LogP contribution in [0.25, 0.3) is 0 Å². The highest BCUT2D eigenvalue weighted by Crippen LogP contribution is 2.18. The topological polar surface area (TPSA) is 73.8 Å². The van der Waals surface area contributed by atoms with Gasteiger partial charge in [-0.2, -0.15) is 0 Å². The van der Waals surface area contributed by atoms with Gasteiger partial charge in [0.15, 0.2) is 0 Å². The summed E-state index contributed by atoms with van der Waals surface area (Å²) >= 11 is 0. The molecular weight excluding hydrogens is 332 g/mol. The van der Waals surface area contributed by atoms with Crippen LogP contribution >= 0.6 is 0 Å². The molecular formula is C19H26N4O3. The maximum absolute atomic E-state index is 12.7. The van der Waals surface area contributed by atoms with Gasteiger partial charge in [-0.25, -0.2) is 0 Å². The number of hydrogen-bond acceptors (Lipinski definition) is 4. The number of likely N-dealkylation sites (tertiary alicyclic amines) is 1. The van der Waals surface area contributed by atoms with Gasteiger partial charge in [-0.05, 0) is 38.3 Å². The van der Waals surface area contributed by atoms with E-state index in [1.165, 1.54) is 0 Å². The summed E-state index contributed by atoms with van der Waals surface area (Å²) in [6.07, 6.45) is 3.95. The lowest BCUT2D eigenvalue weighted by Gasteiger charge is -2.39. The van der Waals surface area contributed by atoms with Crippen LogP contribution in [0.5, 0.6) is 0 Å². The lowest BCUT2D eigenvalue weighted by molar-refractivity contribution is -0.155. The molecule has 1 atom stereocenters. The van der Waals surface area contributed by atoms with Gasteiger partial charge in [-0.15, -0.1) is 0 Å². The van der Waals surface area contributed by atoms with Crippen LogP contribution in [0.3, 0.4) is 0 Å². The molecule has 0 radical (unpaired) electrons. The second-order valence-electron chi connectivity index (χ2n) is 7.06. The molecule has 2 saturated heterocycles. The molecule has 7 nitrogen and oxygen atoms in total. The first-order valence-corrected chi connectivity index (χ1v) is 9.24. The minimum absolute atomic E-state index is 0.0362. The predicted octanol–water partition coefficient (Wildman–Crippen LogP) is 0.962. The third-order valence-corrected chi connectivity index (χ3v) is 5.25. The first-order valence-electron chi connectivity index (χ1n) is 9.24. The average Bonchev–Trinajstić information content (AvgIpc) is 3.02. The summed E-state index contributed by atoms with van der Waals surface area (Å²) in [6.45, 7) is 6.15. The molecule has 0 N–H and O–H groups in total. The van der Waals surface area contributed by atoms with Crippen LogP contribution in [-0.4, -0.2) is 69.6 Å².